The van der Waals surface area contributed by atoms with E-state index in [9.17, 15) is 9.90 Å². The lowest BCUT2D eigenvalue weighted by Gasteiger charge is -2.14. The average molecular weight is 565 g/mol. The normalized spacial score (nSPS) is 12.0. The van der Waals surface area contributed by atoms with Gasteiger partial charge >= 0.3 is 5.97 Å². The molecule has 32 heavy (non-hydrogen) atoms. The Bertz CT molecular complexity index is 1050. The van der Waals surface area contributed by atoms with Gasteiger partial charge in [-0.25, -0.2) is 4.98 Å². The van der Waals surface area contributed by atoms with Crippen LogP contribution in [0.25, 0.3) is 11.5 Å². The fourth-order valence-electron chi connectivity index (χ4n) is 3.55. The molecule has 1 aromatic heterocycles. The molecule has 5 nitrogen and oxygen atoms in total. The van der Waals surface area contributed by atoms with Crippen LogP contribution < -0.4 is 4.74 Å². The molecule has 0 saturated heterocycles. The van der Waals surface area contributed by atoms with Gasteiger partial charge in [0, 0.05) is 12.0 Å². The van der Waals surface area contributed by atoms with Gasteiger partial charge in [-0.05, 0) is 88.2 Å². The lowest BCUT2D eigenvalue weighted by molar-refractivity contribution is -0.142. The summed E-state index contributed by atoms with van der Waals surface area (Å²) in [7, 11) is 0. The molecule has 0 bridgehead atoms. The number of rotatable bonds is 11. The number of halogens is 2. The second-order valence-electron chi connectivity index (χ2n) is 7.67. The Labute approximate surface area is 205 Å². The number of carbonyl (C=O) groups is 1. The van der Waals surface area contributed by atoms with Crippen molar-refractivity contribution in [3.05, 3.63) is 68.4 Å². The van der Waals surface area contributed by atoms with Gasteiger partial charge < -0.3 is 14.3 Å². The summed E-state index contributed by atoms with van der Waals surface area (Å²) in [5, 5.41) is 9.24. The second kappa shape index (κ2) is 11.7. The van der Waals surface area contributed by atoms with Crippen LogP contribution in [-0.2, 0) is 17.6 Å². The van der Waals surface area contributed by atoms with Crippen molar-refractivity contribution in [2.45, 2.75) is 46.0 Å². The van der Waals surface area contributed by atoms with E-state index in [-0.39, 0.29) is 5.92 Å². The zero-order valence-corrected chi connectivity index (χ0v) is 21.4. The average Bonchev–Trinajstić information content (AvgIpc) is 3.15. The van der Waals surface area contributed by atoms with E-state index in [0.717, 1.165) is 50.1 Å². The molecule has 0 aliphatic rings. The van der Waals surface area contributed by atoms with Crippen LogP contribution in [0.15, 0.2) is 55.8 Å². The molecule has 1 heterocycles. The Morgan fingerprint density at radius 1 is 1.16 bits per heavy atom. The van der Waals surface area contributed by atoms with Crippen LogP contribution in [-0.4, -0.2) is 22.7 Å². The van der Waals surface area contributed by atoms with E-state index in [1.807, 2.05) is 56.3 Å². The third kappa shape index (κ3) is 6.23. The maximum atomic E-state index is 11.2. The first-order chi connectivity index (χ1) is 15.4. The SMILES string of the molecule is CCC(CCCc1ccc(Br)c(OCCc2nc(-c3ccccc3)oc2C)c1Br)C(=O)O. The minimum absolute atomic E-state index is 0.286. The second-order valence-corrected chi connectivity index (χ2v) is 9.32. The van der Waals surface area contributed by atoms with E-state index in [1.54, 1.807) is 0 Å². The van der Waals surface area contributed by atoms with Crippen LogP contribution in [0.1, 0.15) is 43.2 Å². The first-order valence-electron chi connectivity index (χ1n) is 10.7. The van der Waals surface area contributed by atoms with E-state index in [1.165, 1.54) is 0 Å². The summed E-state index contributed by atoms with van der Waals surface area (Å²) in [6.45, 7) is 4.29. The predicted molar refractivity (Wildman–Crippen MR) is 132 cm³/mol. The van der Waals surface area contributed by atoms with Crippen LogP contribution in [0.2, 0.25) is 0 Å². The van der Waals surface area contributed by atoms with Crippen molar-refractivity contribution in [3.8, 4) is 17.2 Å². The molecular formula is C25H27Br2NO4. The molecule has 1 atom stereocenters. The number of aliphatic carboxylic acids is 1. The molecule has 3 rings (SSSR count). The summed E-state index contributed by atoms with van der Waals surface area (Å²) in [6.07, 6.45) is 3.54. The molecular weight excluding hydrogens is 538 g/mol. The summed E-state index contributed by atoms with van der Waals surface area (Å²) in [5.41, 5.74) is 2.94. The van der Waals surface area contributed by atoms with Crippen LogP contribution in [0.4, 0.5) is 0 Å². The van der Waals surface area contributed by atoms with Crippen LogP contribution in [0.5, 0.6) is 5.75 Å². The maximum Gasteiger partial charge on any atom is 0.306 e. The first kappa shape index (κ1) is 24.5. The van der Waals surface area contributed by atoms with Crippen molar-refractivity contribution in [1.82, 2.24) is 4.98 Å². The van der Waals surface area contributed by atoms with Gasteiger partial charge in [-0.1, -0.05) is 31.2 Å². The van der Waals surface area contributed by atoms with Crippen molar-refractivity contribution >= 4 is 37.8 Å². The molecule has 3 aromatic rings. The predicted octanol–water partition coefficient (Wildman–Crippen LogP) is 7.23. The van der Waals surface area contributed by atoms with Gasteiger partial charge in [0.05, 0.1) is 27.2 Å². The van der Waals surface area contributed by atoms with Gasteiger partial charge in [-0.15, -0.1) is 0 Å². The Morgan fingerprint density at radius 2 is 1.91 bits per heavy atom. The van der Waals surface area contributed by atoms with Crippen LogP contribution in [0.3, 0.4) is 0 Å². The summed E-state index contributed by atoms with van der Waals surface area (Å²) in [6, 6.07) is 13.9. The number of carboxylic acid groups (broad SMARTS) is 1. The molecule has 0 amide bonds. The van der Waals surface area contributed by atoms with Gasteiger partial charge in [0.2, 0.25) is 5.89 Å². The van der Waals surface area contributed by atoms with Crippen molar-refractivity contribution in [2.24, 2.45) is 5.92 Å². The fourth-order valence-corrected chi connectivity index (χ4v) is 4.92. The highest BCUT2D eigenvalue weighted by Gasteiger charge is 2.17. The van der Waals surface area contributed by atoms with Crippen molar-refractivity contribution in [1.29, 1.82) is 0 Å². The number of benzene rings is 2. The molecule has 1 unspecified atom stereocenters. The van der Waals surface area contributed by atoms with E-state index in [0.29, 0.717) is 31.8 Å². The molecule has 7 heteroatoms. The van der Waals surface area contributed by atoms with Crippen LogP contribution >= 0.6 is 31.9 Å². The summed E-state index contributed by atoms with van der Waals surface area (Å²) < 4.78 is 13.7. The Hall–Kier alpha value is -2.12. The standard InChI is InChI=1S/C25H27Br2NO4/c1-3-17(25(29)30)10-7-11-18-12-13-20(26)23(22(18)27)31-15-14-21-16(2)32-24(28-21)19-8-5-4-6-9-19/h4-6,8-9,12-13,17H,3,7,10-11,14-15H2,1-2H3,(H,29,30). The van der Waals surface area contributed by atoms with Crippen LogP contribution in [0, 0.1) is 12.8 Å². The lowest BCUT2D eigenvalue weighted by atomic mass is 9.97. The van der Waals surface area contributed by atoms with Gasteiger partial charge in [0.15, 0.2) is 0 Å². The largest absolute Gasteiger partial charge is 0.491 e. The molecule has 0 fully saturated rings. The van der Waals surface area contributed by atoms with Gasteiger partial charge in [-0.3, -0.25) is 4.79 Å². The number of carboxylic acids is 1. The third-order valence-electron chi connectivity index (χ3n) is 5.47. The highest BCUT2D eigenvalue weighted by Crippen LogP contribution is 2.37. The highest BCUT2D eigenvalue weighted by molar-refractivity contribution is 9.11. The maximum absolute atomic E-state index is 11.2. The number of aryl methyl sites for hydroxylation is 2. The summed E-state index contributed by atoms with van der Waals surface area (Å²) in [5.74, 6) is 1.16. The zero-order valence-electron chi connectivity index (χ0n) is 18.2. The molecule has 0 spiro atoms. The Kier molecular flexibility index (Phi) is 8.93. The molecule has 0 saturated carbocycles. The number of hydrogen-bond donors (Lipinski definition) is 1. The molecule has 2 aromatic carbocycles. The molecule has 1 N–H and O–H groups in total. The number of nitrogens with zero attached hydrogens (tertiary/aromatic N) is 1. The molecule has 0 aliphatic carbocycles. The van der Waals surface area contributed by atoms with Crippen molar-refractivity contribution < 1.29 is 19.1 Å². The van der Waals surface area contributed by atoms with E-state index >= 15 is 0 Å². The molecule has 170 valence electrons. The van der Waals surface area contributed by atoms with Gasteiger partial charge in [-0.2, -0.15) is 0 Å². The zero-order chi connectivity index (χ0) is 23.1. The summed E-state index contributed by atoms with van der Waals surface area (Å²) in [4.78, 5) is 15.9. The minimum Gasteiger partial charge on any atom is -0.491 e. The van der Waals surface area contributed by atoms with E-state index in [4.69, 9.17) is 9.15 Å². The van der Waals surface area contributed by atoms with E-state index in [2.05, 4.69) is 36.8 Å². The number of hydrogen-bond acceptors (Lipinski definition) is 4. The topological polar surface area (TPSA) is 72.6 Å². The highest BCUT2D eigenvalue weighted by atomic mass is 79.9. The molecule has 0 aliphatic heterocycles. The van der Waals surface area contributed by atoms with Gasteiger partial charge in [0.1, 0.15) is 11.5 Å². The third-order valence-corrected chi connectivity index (χ3v) is 6.96. The Morgan fingerprint density at radius 3 is 2.59 bits per heavy atom. The number of aromatic nitrogens is 1. The Balaban J connectivity index is 1.61. The lowest BCUT2D eigenvalue weighted by Crippen LogP contribution is -2.12. The van der Waals surface area contributed by atoms with Gasteiger partial charge in [0.25, 0.3) is 0 Å². The van der Waals surface area contributed by atoms with Crippen molar-refractivity contribution in [2.75, 3.05) is 6.61 Å². The fraction of sp³-hybridized carbons (Fsp3) is 0.360. The first-order valence-corrected chi connectivity index (χ1v) is 12.3. The van der Waals surface area contributed by atoms with E-state index < -0.39 is 5.97 Å². The monoisotopic (exact) mass is 563 g/mol. The van der Waals surface area contributed by atoms with Crippen molar-refractivity contribution in [3.63, 3.8) is 0 Å². The summed E-state index contributed by atoms with van der Waals surface area (Å²) >= 11 is 7.25. The number of oxazole rings is 1. The smallest absolute Gasteiger partial charge is 0.306 e. The number of ether oxygens (including phenoxy) is 1. The quantitative estimate of drug-likeness (QED) is 0.266. The molecule has 0 radical (unpaired) electrons. The minimum atomic E-state index is -0.718.